The Morgan fingerprint density at radius 2 is 2.05 bits per heavy atom. The summed E-state index contributed by atoms with van der Waals surface area (Å²) in [5.74, 6) is 1.02. The van der Waals surface area contributed by atoms with Crippen LogP contribution in [0.15, 0.2) is 33.5 Å². The van der Waals surface area contributed by atoms with Gasteiger partial charge in [-0.05, 0) is 48.0 Å². The fourth-order valence-corrected chi connectivity index (χ4v) is 2.57. The number of ketones is 1. The summed E-state index contributed by atoms with van der Waals surface area (Å²) in [5, 5.41) is 0. The molecule has 6 heteroatoms. The van der Waals surface area contributed by atoms with E-state index >= 15 is 0 Å². The molecular formula is C15H15BrN2O3. The number of nitrogens with zero attached hydrogens (tertiary/aromatic N) is 2. The van der Waals surface area contributed by atoms with Crippen LogP contribution in [-0.2, 0) is 6.54 Å². The van der Waals surface area contributed by atoms with Gasteiger partial charge in [-0.2, -0.15) is 0 Å². The molecule has 0 amide bonds. The highest BCUT2D eigenvalue weighted by Crippen LogP contribution is 2.25. The Labute approximate surface area is 130 Å². The third-order valence-electron chi connectivity index (χ3n) is 3.10. The molecule has 0 aliphatic heterocycles. The van der Waals surface area contributed by atoms with Crippen LogP contribution in [0.2, 0.25) is 0 Å². The van der Waals surface area contributed by atoms with Crippen LogP contribution in [0.1, 0.15) is 21.9 Å². The summed E-state index contributed by atoms with van der Waals surface area (Å²) in [6, 6.07) is 6.49. The number of carbonyl (C=O) groups is 1. The van der Waals surface area contributed by atoms with Gasteiger partial charge < -0.3 is 4.74 Å². The molecule has 0 saturated heterocycles. The standard InChI is InChI=1S/C15H15BrN2O3/c1-9-6-15(20)18(10(2)17-9)8-13(19)11-4-5-14(21-3)12(16)7-11/h4-7H,8H2,1-3H3. The Balaban J connectivity index is 2.30. The minimum Gasteiger partial charge on any atom is -0.496 e. The number of aromatic nitrogens is 2. The van der Waals surface area contributed by atoms with Gasteiger partial charge in [-0.3, -0.25) is 14.2 Å². The van der Waals surface area contributed by atoms with Crippen molar-refractivity contribution < 1.29 is 9.53 Å². The molecule has 0 bridgehead atoms. The van der Waals surface area contributed by atoms with E-state index < -0.39 is 0 Å². The van der Waals surface area contributed by atoms with Gasteiger partial charge in [-0.1, -0.05) is 0 Å². The van der Waals surface area contributed by atoms with Crippen molar-refractivity contribution in [2.24, 2.45) is 0 Å². The van der Waals surface area contributed by atoms with Gasteiger partial charge in [-0.15, -0.1) is 0 Å². The van der Waals surface area contributed by atoms with E-state index in [2.05, 4.69) is 20.9 Å². The molecule has 0 atom stereocenters. The molecule has 5 nitrogen and oxygen atoms in total. The molecule has 0 spiro atoms. The summed E-state index contributed by atoms with van der Waals surface area (Å²) >= 11 is 3.34. The van der Waals surface area contributed by atoms with Gasteiger partial charge in [0.2, 0.25) is 0 Å². The molecule has 0 aliphatic carbocycles. The van der Waals surface area contributed by atoms with Crippen molar-refractivity contribution in [3.05, 3.63) is 56.2 Å². The van der Waals surface area contributed by atoms with E-state index in [1.807, 2.05) is 0 Å². The molecule has 0 unspecified atom stereocenters. The van der Waals surface area contributed by atoms with E-state index in [0.717, 1.165) is 0 Å². The summed E-state index contributed by atoms with van der Waals surface area (Å²) in [6.45, 7) is 3.43. The highest BCUT2D eigenvalue weighted by atomic mass is 79.9. The van der Waals surface area contributed by atoms with E-state index in [1.54, 1.807) is 39.2 Å². The van der Waals surface area contributed by atoms with Crippen molar-refractivity contribution in [1.82, 2.24) is 9.55 Å². The number of Topliss-reactive ketones (excluding diaryl/α,β-unsaturated/α-hetero) is 1. The van der Waals surface area contributed by atoms with Gasteiger partial charge in [0, 0.05) is 17.3 Å². The molecule has 0 saturated carbocycles. The highest BCUT2D eigenvalue weighted by molar-refractivity contribution is 9.10. The van der Waals surface area contributed by atoms with Gasteiger partial charge in [0.25, 0.3) is 5.56 Å². The summed E-state index contributed by atoms with van der Waals surface area (Å²) < 4.78 is 7.19. The van der Waals surface area contributed by atoms with Crippen LogP contribution in [-0.4, -0.2) is 22.4 Å². The third-order valence-corrected chi connectivity index (χ3v) is 3.72. The predicted octanol–water partition coefficient (Wildman–Crippen LogP) is 2.51. The number of rotatable bonds is 4. The molecular weight excluding hydrogens is 336 g/mol. The van der Waals surface area contributed by atoms with E-state index in [9.17, 15) is 9.59 Å². The van der Waals surface area contributed by atoms with Gasteiger partial charge in [-0.25, -0.2) is 4.98 Å². The molecule has 1 aromatic heterocycles. The van der Waals surface area contributed by atoms with Crippen LogP contribution < -0.4 is 10.3 Å². The molecule has 1 heterocycles. The minimum absolute atomic E-state index is 0.0310. The maximum Gasteiger partial charge on any atom is 0.254 e. The first-order chi connectivity index (χ1) is 9.92. The normalized spacial score (nSPS) is 10.5. The lowest BCUT2D eigenvalue weighted by Crippen LogP contribution is -2.27. The van der Waals surface area contributed by atoms with E-state index in [1.165, 1.54) is 10.6 Å². The quantitative estimate of drug-likeness (QED) is 0.795. The largest absolute Gasteiger partial charge is 0.496 e. The lowest BCUT2D eigenvalue weighted by atomic mass is 10.1. The Kier molecular flexibility index (Phi) is 4.57. The molecule has 0 aliphatic rings. The van der Waals surface area contributed by atoms with Gasteiger partial charge >= 0.3 is 0 Å². The molecule has 1 aromatic carbocycles. The summed E-state index contributed by atoms with van der Waals surface area (Å²) in [4.78, 5) is 28.5. The molecule has 2 rings (SSSR count). The molecule has 110 valence electrons. The predicted molar refractivity (Wildman–Crippen MR) is 83.0 cm³/mol. The molecule has 21 heavy (non-hydrogen) atoms. The van der Waals surface area contributed by atoms with E-state index in [4.69, 9.17) is 4.74 Å². The zero-order chi connectivity index (χ0) is 15.6. The topological polar surface area (TPSA) is 61.2 Å². The smallest absolute Gasteiger partial charge is 0.254 e. The van der Waals surface area contributed by atoms with Crippen molar-refractivity contribution in [3.8, 4) is 5.75 Å². The second kappa shape index (κ2) is 6.22. The third kappa shape index (κ3) is 3.39. The van der Waals surface area contributed by atoms with Crippen LogP contribution in [0.3, 0.4) is 0 Å². The van der Waals surface area contributed by atoms with Crippen LogP contribution in [0, 0.1) is 13.8 Å². The second-order valence-electron chi connectivity index (χ2n) is 4.64. The molecule has 0 fully saturated rings. The van der Waals surface area contributed by atoms with Crippen LogP contribution in [0.25, 0.3) is 0 Å². The Morgan fingerprint density at radius 1 is 1.33 bits per heavy atom. The number of ether oxygens (including phenoxy) is 1. The lowest BCUT2D eigenvalue weighted by Gasteiger charge is -2.10. The number of benzene rings is 1. The fourth-order valence-electron chi connectivity index (χ4n) is 2.03. The number of hydrogen-bond acceptors (Lipinski definition) is 4. The molecule has 0 radical (unpaired) electrons. The Morgan fingerprint density at radius 3 is 2.62 bits per heavy atom. The Bertz CT molecular complexity index is 753. The van der Waals surface area contributed by atoms with E-state index in [-0.39, 0.29) is 17.9 Å². The monoisotopic (exact) mass is 350 g/mol. The first-order valence-electron chi connectivity index (χ1n) is 6.34. The average molecular weight is 351 g/mol. The summed E-state index contributed by atoms with van der Waals surface area (Å²) in [7, 11) is 1.56. The minimum atomic E-state index is -0.221. The maximum absolute atomic E-state index is 12.3. The van der Waals surface area contributed by atoms with Gasteiger partial charge in [0.05, 0.1) is 18.1 Å². The van der Waals surface area contributed by atoms with Gasteiger partial charge in [0.15, 0.2) is 5.78 Å². The fraction of sp³-hybridized carbons (Fsp3) is 0.267. The summed E-state index contributed by atoms with van der Waals surface area (Å²) in [5.41, 5.74) is 0.934. The molecule has 2 aromatic rings. The van der Waals surface area contributed by atoms with Crippen molar-refractivity contribution >= 4 is 21.7 Å². The first-order valence-corrected chi connectivity index (χ1v) is 7.13. The van der Waals surface area contributed by atoms with Crippen molar-refractivity contribution in [2.45, 2.75) is 20.4 Å². The number of hydrogen-bond donors (Lipinski definition) is 0. The van der Waals surface area contributed by atoms with Crippen LogP contribution >= 0.6 is 15.9 Å². The van der Waals surface area contributed by atoms with Crippen molar-refractivity contribution in [2.75, 3.05) is 7.11 Å². The first kappa shape index (κ1) is 15.4. The van der Waals surface area contributed by atoms with Crippen LogP contribution in [0.4, 0.5) is 0 Å². The second-order valence-corrected chi connectivity index (χ2v) is 5.50. The number of methoxy groups -OCH3 is 1. The number of aryl methyl sites for hydroxylation is 2. The van der Waals surface area contributed by atoms with Crippen molar-refractivity contribution in [3.63, 3.8) is 0 Å². The van der Waals surface area contributed by atoms with Crippen molar-refractivity contribution in [1.29, 1.82) is 0 Å². The zero-order valence-electron chi connectivity index (χ0n) is 12.0. The number of halogens is 1. The van der Waals surface area contributed by atoms with Gasteiger partial charge in [0.1, 0.15) is 11.6 Å². The zero-order valence-corrected chi connectivity index (χ0v) is 13.6. The molecule has 0 N–H and O–H groups in total. The Hall–Kier alpha value is -1.95. The van der Waals surface area contributed by atoms with Crippen LogP contribution in [0.5, 0.6) is 5.75 Å². The summed E-state index contributed by atoms with van der Waals surface area (Å²) in [6.07, 6.45) is 0. The SMILES string of the molecule is COc1ccc(C(=O)Cn2c(C)nc(C)cc2=O)cc1Br. The maximum atomic E-state index is 12.3. The average Bonchev–Trinajstić information content (AvgIpc) is 2.42. The van der Waals surface area contributed by atoms with E-state index in [0.29, 0.717) is 27.3 Å². The lowest BCUT2D eigenvalue weighted by molar-refractivity contribution is 0.0969. The highest BCUT2D eigenvalue weighted by Gasteiger charge is 2.12. The number of carbonyl (C=O) groups excluding carboxylic acids is 1.